The number of anilines is 1. The normalized spacial score (nSPS) is 10.7. The van der Waals surface area contributed by atoms with E-state index < -0.39 is 4.92 Å². The highest BCUT2D eigenvalue weighted by atomic mass is 16.6. The zero-order valence-corrected chi connectivity index (χ0v) is 15.9. The van der Waals surface area contributed by atoms with Crippen molar-refractivity contribution >= 4 is 28.3 Å². The molecule has 4 aromatic rings. The summed E-state index contributed by atoms with van der Waals surface area (Å²) >= 11 is 0. The third kappa shape index (κ3) is 4.27. The number of non-ortho nitro benzene ring substituents is 1. The van der Waals surface area contributed by atoms with E-state index in [0.717, 1.165) is 11.0 Å². The number of ether oxygens (including phenoxy) is 1. The minimum atomic E-state index is -0.502. The topological polar surface area (TPSA) is 99.3 Å². The maximum atomic E-state index is 12.7. The van der Waals surface area contributed by atoms with Crippen LogP contribution in [0.2, 0.25) is 0 Å². The van der Waals surface area contributed by atoms with Crippen molar-refractivity contribution in [2.75, 3.05) is 5.32 Å². The number of amides is 1. The van der Waals surface area contributed by atoms with Crippen LogP contribution in [-0.2, 0) is 17.9 Å². The van der Waals surface area contributed by atoms with Crippen LogP contribution in [0, 0.1) is 10.1 Å². The summed E-state index contributed by atoms with van der Waals surface area (Å²) in [6, 6.07) is 22.7. The van der Waals surface area contributed by atoms with Gasteiger partial charge in [-0.3, -0.25) is 14.9 Å². The molecular weight excluding hydrogens is 384 g/mol. The van der Waals surface area contributed by atoms with Gasteiger partial charge in [-0.05, 0) is 30.3 Å². The first-order chi connectivity index (χ1) is 14.6. The summed E-state index contributed by atoms with van der Waals surface area (Å²) in [4.78, 5) is 27.7. The lowest BCUT2D eigenvalue weighted by molar-refractivity contribution is -0.384. The number of benzene rings is 3. The van der Waals surface area contributed by atoms with Gasteiger partial charge in [0.25, 0.3) is 5.69 Å². The summed E-state index contributed by atoms with van der Waals surface area (Å²) in [6.07, 6.45) is 0. The quantitative estimate of drug-likeness (QED) is 0.370. The molecule has 8 heteroatoms. The molecular formula is C22H18N4O4. The van der Waals surface area contributed by atoms with E-state index in [1.165, 1.54) is 18.2 Å². The SMILES string of the molecule is O=C(Cn1c(COc2ccccc2)nc2ccccc21)Nc1cccc([N+](=O)[O-])c1. The first-order valence-corrected chi connectivity index (χ1v) is 9.26. The Hall–Kier alpha value is -4.20. The van der Waals surface area contributed by atoms with Crippen LogP contribution < -0.4 is 10.1 Å². The number of fused-ring (bicyclic) bond motifs is 1. The first kappa shape index (κ1) is 19.1. The van der Waals surface area contributed by atoms with E-state index in [1.807, 2.05) is 54.6 Å². The van der Waals surface area contributed by atoms with Crippen molar-refractivity contribution in [2.45, 2.75) is 13.2 Å². The van der Waals surface area contributed by atoms with Crippen molar-refractivity contribution in [2.24, 2.45) is 0 Å². The summed E-state index contributed by atoms with van der Waals surface area (Å²) in [6.45, 7) is 0.194. The number of rotatable bonds is 7. The lowest BCUT2D eigenvalue weighted by atomic mass is 10.3. The van der Waals surface area contributed by atoms with Crippen molar-refractivity contribution in [3.8, 4) is 5.75 Å². The van der Waals surface area contributed by atoms with Crippen LogP contribution in [0.3, 0.4) is 0 Å². The minimum Gasteiger partial charge on any atom is -0.486 e. The van der Waals surface area contributed by atoms with Gasteiger partial charge in [-0.25, -0.2) is 4.98 Å². The molecule has 1 aromatic heterocycles. The molecule has 4 rings (SSSR count). The predicted molar refractivity (Wildman–Crippen MR) is 112 cm³/mol. The van der Waals surface area contributed by atoms with Crippen molar-refractivity contribution in [1.29, 1.82) is 0 Å². The van der Waals surface area contributed by atoms with E-state index in [-0.39, 0.29) is 24.7 Å². The van der Waals surface area contributed by atoms with Crippen LogP contribution >= 0.6 is 0 Å². The highest BCUT2D eigenvalue weighted by Gasteiger charge is 2.15. The second-order valence-electron chi connectivity index (χ2n) is 6.56. The van der Waals surface area contributed by atoms with Gasteiger partial charge in [0, 0.05) is 17.8 Å². The Bertz CT molecular complexity index is 1200. The molecule has 1 N–H and O–H groups in total. The fourth-order valence-corrected chi connectivity index (χ4v) is 3.12. The smallest absolute Gasteiger partial charge is 0.271 e. The van der Waals surface area contributed by atoms with E-state index in [1.54, 1.807) is 10.6 Å². The molecule has 0 aliphatic heterocycles. The highest BCUT2D eigenvalue weighted by molar-refractivity contribution is 5.92. The Balaban J connectivity index is 1.55. The van der Waals surface area contributed by atoms with E-state index in [9.17, 15) is 14.9 Å². The Morgan fingerprint density at radius 3 is 2.60 bits per heavy atom. The Morgan fingerprint density at radius 2 is 1.80 bits per heavy atom. The zero-order chi connectivity index (χ0) is 20.9. The predicted octanol–water partition coefficient (Wildman–Crippen LogP) is 4.16. The van der Waals surface area contributed by atoms with Gasteiger partial charge in [-0.15, -0.1) is 0 Å². The van der Waals surface area contributed by atoms with Crippen LogP contribution in [0.5, 0.6) is 5.75 Å². The third-order valence-corrected chi connectivity index (χ3v) is 4.49. The molecule has 0 fully saturated rings. The van der Waals surface area contributed by atoms with Crippen molar-refractivity contribution in [1.82, 2.24) is 9.55 Å². The standard InChI is InChI=1S/C22H18N4O4/c27-22(23-16-7-6-8-17(13-16)26(28)29)14-25-20-12-5-4-11-19(20)24-21(25)15-30-18-9-2-1-3-10-18/h1-13H,14-15H2,(H,23,27). The van der Waals surface area contributed by atoms with E-state index in [2.05, 4.69) is 10.3 Å². The number of nitrogens with zero attached hydrogens (tertiary/aromatic N) is 3. The fourth-order valence-electron chi connectivity index (χ4n) is 3.12. The summed E-state index contributed by atoms with van der Waals surface area (Å²) < 4.78 is 7.60. The van der Waals surface area contributed by atoms with Crippen molar-refractivity contribution < 1.29 is 14.5 Å². The molecule has 0 saturated heterocycles. The van der Waals surface area contributed by atoms with Crippen LogP contribution in [-0.4, -0.2) is 20.4 Å². The Labute approximate surface area is 171 Å². The molecule has 0 bridgehead atoms. The van der Waals surface area contributed by atoms with Crippen molar-refractivity contribution in [3.63, 3.8) is 0 Å². The van der Waals surface area contributed by atoms with Gasteiger partial charge in [0.05, 0.1) is 16.0 Å². The molecule has 8 nitrogen and oxygen atoms in total. The number of hydrogen-bond acceptors (Lipinski definition) is 5. The van der Waals surface area contributed by atoms with E-state index in [4.69, 9.17) is 4.74 Å². The van der Waals surface area contributed by atoms with Gasteiger partial charge < -0.3 is 14.6 Å². The molecule has 0 spiro atoms. The number of imidazole rings is 1. The molecule has 0 unspecified atom stereocenters. The molecule has 0 atom stereocenters. The average molecular weight is 402 g/mol. The van der Waals surface area contributed by atoms with Gasteiger partial charge in [-0.1, -0.05) is 36.4 Å². The fraction of sp³-hybridized carbons (Fsp3) is 0.0909. The maximum absolute atomic E-state index is 12.7. The molecule has 150 valence electrons. The summed E-state index contributed by atoms with van der Waals surface area (Å²) in [7, 11) is 0. The number of nitrogens with one attached hydrogen (secondary N) is 1. The number of nitro groups is 1. The molecule has 0 aliphatic carbocycles. The van der Waals surface area contributed by atoms with Gasteiger partial charge in [0.1, 0.15) is 24.7 Å². The molecule has 1 amide bonds. The molecule has 30 heavy (non-hydrogen) atoms. The number of para-hydroxylation sites is 3. The number of nitro benzene ring substituents is 1. The molecule has 3 aromatic carbocycles. The lowest BCUT2D eigenvalue weighted by Crippen LogP contribution is -2.20. The lowest BCUT2D eigenvalue weighted by Gasteiger charge is -2.11. The van der Waals surface area contributed by atoms with Gasteiger partial charge in [0.15, 0.2) is 0 Å². The van der Waals surface area contributed by atoms with Crippen LogP contribution in [0.15, 0.2) is 78.9 Å². The monoisotopic (exact) mass is 402 g/mol. The summed E-state index contributed by atoms with van der Waals surface area (Å²) in [5.41, 5.74) is 1.84. The highest BCUT2D eigenvalue weighted by Crippen LogP contribution is 2.20. The second kappa shape index (κ2) is 8.44. The largest absolute Gasteiger partial charge is 0.486 e. The minimum absolute atomic E-state index is 0.00329. The van der Waals surface area contributed by atoms with Gasteiger partial charge >= 0.3 is 0 Å². The third-order valence-electron chi connectivity index (χ3n) is 4.49. The van der Waals surface area contributed by atoms with Crippen LogP contribution in [0.1, 0.15) is 5.82 Å². The van der Waals surface area contributed by atoms with Gasteiger partial charge in [0.2, 0.25) is 5.91 Å². The number of carbonyl (C=O) groups excluding carboxylic acids is 1. The number of hydrogen-bond donors (Lipinski definition) is 1. The molecule has 0 radical (unpaired) electrons. The van der Waals surface area contributed by atoms with Crippen molar-refractivity contribution in [3.05, 3.63) is 94.8 Å². The number of carbonyl (C=O) groups is 1. The summed E-state index contributed by atoms with van der Waals surface area (Å²) in [5.74, 6) is 0.992. The average Bonchev–Trinajstić information content (AvgIpc) is 3.10. The number of aromatic nitrogens is 2. The molecule has 1 heterocycles. The first-order valence-electron chi connectivity index (χ1n) is 9.26. The van der Waals surface area contributed by atoms with Crippen LogP contribution in [0.4, 0.5) is 11.4 Å². The van der Waals surface area contributed by atoms with E-state index in [0.29, 0.717) is 17.3 Å². The Morgan fingerprint density at radius 1 is 1.03 bits per heavy atom. The summed E-state index contributed by atoms with van der Waals surface area (Å²) in [5, 5.41) is 13.7. The second-order valence-corrected chi connectivity index (χ2v) is 6.56. The Kier molecular flexibility index (Phi) is 5.38. The van der Waals surface area contributed by atoms with E-state index >= 15 is 0 Å². The zero-order valence-electron chi connectivity index (χ0n) is 15.9. The van der Waals surface area contributed by atoms with Crippen LogP contribution in [0.25, 0.3) is 11.0 Å². The maximum Gasteiger partial charge on any atom is 0.271 e. The van der Waals surface area contributed by atoms with Gasteiger partial charge in [-0.2, -0.15) is 0 Å². The molecule has 0 saturated carbocycles. The molecule has 0 aliphatic rings.